The fourth-order valence-corrected chi connectivity index (χ4v) is 2.62. The van der Waals surface area contributed by atoms with Gasteiger partial charge in [0.15, 0.2) is 0 Å². The van der Waals surface area contributed by atoms with E-state index in [1.54, 1.807) is 29.7 Å². The lowest BCUT2D eigenvalue weighted by Crippen LogP contribution is -1.97. The second-order valence-electron chi connectivity index (χ2n) is 4.61. The minimum absolute atomic E-state index is 0.374. The van der Waals surface area contributed by atoms with Crippen LogP contribution in [0.25, 0.3) is 0 Å². The lowest BCUT2D eigenvalue weighted by atomic mass is 10.3. The third-order valence-corrected chi connectivity index (χ3v) is 3.84. The third kappa shape index (κ3) is 3.96. The van der Waals surface area contributed by atoms with E-state index in [0.29, 0.717) is 29.3 Å². The first kappa shape index (κ1) is 14.8. The summed E-state index contributed by atoms with van der Waals surface area (Å²) in [6, 6.07) is 11.1. The van der Waals surface area contributed by atoms with Crippen LogP contribution in [0.5, 0.6) is 17.5 Å². The van der Waals surface area contributed by atoms with Crippen LogP contribution in [0.2, 0.25) is 5.15 Å². The maximum atomic E-state index is 5.85. The van der Waals surface area contributed by atoms with Gasteiger partial charge in [-0.2, -0.15) is 4.98 Å². The van der Waals surface area contributed by atoms with E-state index in [1.165, 1.54) is 0 Å². The zero-order valence-electron chi connectivity index (χ0n) is 11.8. The van der Waals surface area contributed by atoms with Crippen LogP contribution in [0.4, 0.5) is 0 Å². The molecule has 0 bridgehead atoms. The number of hydrogen-bond acceptors (Lipinski definition) is 5. The van der Waals surface area contributed by atoms with Crippen LogP contribution < -0.4 is 9.47 Å². The molecular formula is C16H13ClN2O2S. The first-order chi connectivity index (χ1) is 10.7. The van der Waals surface area contributed by atoms with E-state index in [9.17, 15) is 0 Å². The highest BCUT2D eigenvalue weighted by Gasteiger charge is 2.06. The van der Waals surface area contributed by atoms with Crippen molar-refractivity contribution in [2.24, 2.45) is 0 Å². The van der Waals surface area contributed by atoms with Gasteiger partial charge in [0.2, 0.25) is 11.8 Å². The van der Waals surface area contributed by atoms with Crippen molar-refractivity contribution < 1.29 is 9.47 Å². The number of nitrogens with zero attached hydrogens (tertiary/aromatic N) is 2. The maximum Gasteiger partial charge on any atom is 0.222 e. The van der Waals surface area contributed by atoms with Crippen molar-refractivity contribution >= 4 is 22.9 Å². The highest BCUT2D eigenvalue weighted by Crippen LogP contribution is 2.25. The molecule has 0 saturated heterocycles. The van der Waals surface area contributed by atoms with Gasteiger partial charge in [-0.1, -0.05) is 17.7 Å². The summed E-state index contributed by atoms with van der Waals surface area (Å²) in [5.74, 6) is 1.58. The molecular weight excluding hydrogens is 320 g/mol. The van der Waals surface area contributed by atoms with Gasteiger partial charge >= 0.3 is 0 Å². The molecule has 4 nitrogen and oxygen atoms in total. The average molecular weight is 333 g/mol. The quantitative estimate of drug-likeness (QED) is 0.625. The van der Waals surface area contributed by atoms with E-state index >= 15 is 0 Å². The summed E-state index contributed by atoms with van der Waals surface area (Å²) in [4.78, 5) is 9.42. The van der Waals surface area contributed by atoms with Gasteiger partial charge in [-0.25, -0.2) is 4.98 Å². The molecule has 0 N–H and O–H groups in total. The lowest BCUT2D eigenvalue weighted by molar-refractivity contribution is 0.292. The van der Waals surface area contributed by atoms with E-state index in [0.717, 1.165) is 10.4 Å². The number of hydrogen-bond donors (Lipinski definition) is 0. The van der Waals surface area contributed by atoms with E-state index in [1.807, 2.05) is 36.6 Å². The molecule has 0 radical (unpaired) electrons. The molecule has 0 spiro atoms. The second kappa shape index (κ2) is 6.77. The van der Waals surface area contributed by atoms with Gasteiger partial charge in [0, 0.05) is 29.3 Å². The predicted octanol–water partition coefficient (Wildman–Crippen LogP) is 4.87. The smallest absolute Gasteiger partial charge is 0.222 e. The average Bonchev–Trinajstić information content (AvgIpc) is 2.98. The van der Waals surface area contributed by atoms with Gasteiger partial charge in [0.25, 0.3) is 0 Å². The Labute approximate surface area is 137 Å². The van der Waals surface area contributed by atoms with Gasteiger partial charge in [0.1, 0.15) is 17.5 Å². The highest BCUT2D eigenvalue weighted by molar-refractivity contribution is 7.09. The molecule has 3 aromatic rings. The summed E-state index contributed by atoms with van der Waals surface area (Å²) in [6.45, 7) is 2.46. The molecule has 112 valence electrons. The minimum atomic E-state index is 0.374. The Hall–Kier alpha value is -2.11. The number of thiophene rings is 1. The van der Waals surface area contributed by atoms with Gasteiger partial charge in [-0.15, -0.1) is 11.3 Å². The number of rotatable bonds is 5. The Morgan fingerprint density at radius 3 is 2.82 bits per heavy atom. The Balaban J connectivity index is 1.74. The summed E-state index contributed by atoms with van der Waals surface area (Å²) in [7, 11) is 0. The van der Waals surface area contributed by atoms with Crippen molar-refractivity contribution in [1.29, 1.82) is 0 Å². The van der Waals surface area contributed by atoms with Crippen molar-refractivity contribution in [3.05, 3.63) is 63.6 Å². The van der Waals surface area contributed by atoms with E-state index in [4.69, 9.17) is 21.1 Å². The van der Waals surface area contributed by atoms with Gasteiger partial charge in [-0.05, 0) is 30.0 Å². The second-order valence-corrected chi connectivity index (χ2v) is 6.02. The molecule has 3 heterocycles. The van der Waals surface area contributed by atoms with E-state index in [-0.39, 0.29) is 0 Å². The number of pyridine rings is 2. The molecule has 0 aromatic carbocycles. The lowest BCUT2D eigenvalue weighted by Gasteiger charge is -2.09. The molecule has 0 fully saturated rings. The predicted molar refractivity (Wildman–Crippen MR) is 86.9 cm³/mol. The Bertz CT molecular complexity index is 763. The van der Waals surface area contributed by atoms with Crippen LogP contribution in [0.3, 0.4) is 0 Å². The SMILES string of the molecule is Cc1cc(OCc2cccs2)nc(Oc2ccnc(Cl)c2)c1. The summed E-state index contributed by atoms with van der Waals surface area (Å²) in [5.41, 5.74) is 1.01. The first-order valence-corrected chi connectivity index (χ1v) is 7.88. The monoisotopic (exact) mass is 332 g/mol. The fourth-order valence-electron chi connectivity index (χ4n) is 1.84. The molecule has 0 amide bonds. The number of aromatic nitrogens is 2. The summed E-state index contributed by atoms with van der Waals surface area (Å²) < 4.78 is 11.4. The molecule has 3 aromatic heterocycles. The maximum absolute atomic E-state index is 5.85. The number of halogens is 1. The van der Waals surface area contributed by atoms with Crippen LogP contribution in [0, 0.1) is 6.92 Å². The molecule has 0 aliphatic heterocycles. The summed E-state index contributed by atoms with van der Waals surface area (Å²) in [6.07, 6.45) is 1.58. The van der Waals surface area contributed by atoms with Gasteiger partial charge in [0.05, 0.1) is 0 Å². The molecule has 22 heavy (non-hydrogen) atoms. The molecule has 0 aliphatic carbocycles. The van der Waals surface area contributed by atoms with Crippen LogP contribution in [0.1, 0.15) is 10.4 Å². The first-order valence-electron chi connectivity index (χ1n) is 6.62. The highest BCUT2D eigenvalue weighted by atomic mass is 35.5. The normalized spacial score (nSPS) is 10.5. The molecule has 6 heteroatoms. The Kier molecular flexibility index (Phi) is 4.56. The van der Waals surface area contributed by atoms with Crippen molar-refractivity contribution in [2.45, 2.75) is 13.5 Å². The van der Waals surface area contributed by atoms with Crippen LogP contribution >= 0.6 is 22.9 Å². The summed E-state index contributed by atoms with van der Waals surface area (Å²) in [5, 5.41) is 2.39. The summed E-state index contributed by atoms with van der Waals surface area (Å²) >= 11 is 7.49. The topological polar surface area (TPSA) is 44.2 Å². The number of ether oxygens (including phenoxy) is 2. The van der Waals surface area contributed by atoms with Gasteiger partial charge in [-0.3, -0.25) is 0 Å². The minimum Gasteiger partial charge on any atom is -0.472 e. The van der Waals surface area contributed by atoms with Gasteiger partial charge < -0.3 is 9.47 Å². The number of aryl methyl sites for hydroxylation is 1. The molecule has 0 saturated carbocycles. The Morgan fingerprint density at radius 2 is 2.05 bits per heavy atom. The molecule has 0 aliphatic rings. The standard InChI is InChI=1S/C16H13ClN2O2S/c1-11-7-15(20-10-13-3-2-6-22-13)19-16(8-11)21-12-4-5-18-14(17)9-12/h2-9H,10H2,1H3. The third-order valence-electron chi connectivity index (χ3n) is 2.79. The van der Waals surface area contributed by atoms with E-state index in [2.05, 4.69) is 9.97 Å². The van der Waals surface area contributed by atoms with Crippen molar-refractivity contribution in [1.82, 2.24) is 9.97 Å². The van der Waals surface area contributed by atoms with Crippen molar-refractivity contribution in [3.63, 3.8) is 0 Å². The molecule has 3 rings (SSSR count). The van der Waals surface area contributed by atoms with Crippen LogP contribution in [-0.4, -0.2) is 9.97 Å². The van der Waals surface area contributed by atoms with E-state index < -0.39 is 0 Å². The molecule has 0 atom stereocenters. The van der Waals surface area contributed by atoms with Crippen molar-refractivity contribution in [3.8, 4) is 17.5 Å². The fraction of sp³-hybridized carbons (Fsp3) is 0.125. The van der Waals surface area contributed by atoms with Crippen LogP contribution in [-0.2, 0) is 6.61 Å². The van der Waals surface area contributed by atoms with Crippen molar-refractivity contribution in [2.75, 3.05) is 0 Å². The zero-order chi connectivity index (χ0) is 15.4. The molecule has 0 unspecified atom stereocenters. The zero-order valence-corrected chi connectivity index (χ0v) is 13.4. The van der Waals surface area contributed by atoms with Crippen LogP contribution in [0.15, 0.2) is 48.0 Å². The largest absolute Gasteiger partial charge is 0.472 e. The Morgan fingerprint density at radius 1 is 1.18 bits per heavy atom.